The second-order valence-corrected chi connectivity index (χ2v) is 9.36. The number of sulfonamides is 1. The van der Waals surface area contributed by atoms with Crippen molar-refractivity contribution in [3.8, 4) is 0 Å². The van der Waals surface area contributed by atoms with E-state index in [1.54, 1.807) is 54.6 Å². The third-order valence-electron chi connectivity index (χ3n) is 3.58. The van der Waals surface area contributed by atoms with Crippen molar-refractivity contribution in [2.24, 2.45) is 3.77 Å². The van der Waals surface area contributed by atoms with E-state index in [2.05, 4.69) is 3.77 Å². The molecule has 6 heteroatoms. The average Bonchev–Trinajstić information content (AvgIpc) is 2.68. The lowest BCUT2D eigenvalue weighted by Crippen LogP contribution is -2.04. The van der Waals surface area contributed by atoms with Gasteiger partial charge >= 0.3 is 0 Å². The summed E-state index contributed by atoms with van der Waals surface area (Å²) in [6.45, 7) is 0. The zero-order chi connectivity index (χ0) is 18.5. The highest BCUT2D eigenvalue weighted by Gasteiger charge is 2.18. The summed E-state index contributed by atoms with van der Waals surface area (Å²) >= 11 is 0. The second-order valence-electron chi connectivity index (χ2n) is 5.46. The maximum atomic E-state index is 13.5. The molecule has 0 amide bonds. The number of benzene rings is 3. The Morgan fingerprint density at radius 1 is 0.615 bits per heavy atom. The normalized spacial score (nSPS) is 14.0. The number of hydrogen-bond donors (Lipinski definition) is 0. The predicted molar refractivity (Wildman–Crippen MR) is 104 cm³/mol. The molecule has 0 bridgehead atoms. The van der Waals surface area contributed by atoms with E-state index in [9.17, 15) is 12.6 Å². The summed E-state index contributed by atoms with van der Waals surface area (Å²) in [5, 5.41) is 1.36. The molecule has 4 nitrogen and oxygen atoms in total. The highest BCUT2D eigenvalue weighted by molar-refractivity contribution is 8.05. The van der Waals surface area contributed by atoms with Gasteiger partial charge in [-0.05, 0) is 35.9 Å². The number of rotatable bonds is 5. The molecule has 1 atom stereocenters. The molecule has 0 saturated carbocycles. The molecule has 0 fully saturated rings. The zero-order valence-corrected chi connectivity index (χ0v) is 15.4. The monoisotopic (exact) mass is 383 g/mol. The lowest BCUT2D eigenvalue weighted by molar-refractivity contribution is 0.598. The second kappa shape index (κ2) is 7.68. The first kappa shape index (κ1) is 18.1. The first-order valence-electron chi connectivity index (χ1n) is 7.86. The van der Waals surface area contributed by atoms with Crippen LogP contribution in [0.2, 0.25) is 0 Å². The molecule has 0 aliphatic carbocycles. The van der Waals surface area contributed by atoms with Crippen molar-refractivity contribution in [1.29, 1.82) is 0 Å². The third-order valence-corrected chi connectivity index (χ3v) is 7.57. The minimum atomic E-state index is -4.07. The summed E-state index contributed by atoms with van der Waals surface area (Å²) in [7, 11) is -7.39. The van der Waals surface area contributed by atoms with Crippen LogP contribution in [0.3, 0.4) is 0 Å². The lowest BCUT2D eigenvalue weighted by Gasteiger charge is -2.06. The molecule has 132 valence electrons. The molecule has 0 aliphatic rings. The maximum Gasteiger partial charge on any atom is 0.290 e. The Balaban J connectivity index is 2.16. The van der Waals surface area contributed by atoms with E-state index in [-0.39, 0.29) is 4.90 Å². The van der Waals surface area contributed by atoms with E-state index in [4.69, 9.17) is 0 Å². The van der Waals surface area contributed by atoms with Crippen molar-refractivity contribution >= 4 is 25.8 Å². The van der Waals surface area contributed by atoms with Crippen LogP contribution in [-0.2, 0) is 19.8 Å². The Bertz CT molecular complexity index is 1120. The standard InChI is InChI=1S/C20H17NO3S2/c22-25(19-12-6-2-7-13-19,17-16-18-10-4-1-5-11-18)21-26(23,24)20-14-8-3-9-15-20/h1-17H/b17-16+. The van der Waals surface area contributed by atoms with Gasteiger partial charge in [0.15, 0.2) is 0 Å². The van der Waals surface area contributed by atoms with Crippen LogP contribution in [0.25, 0.3) is 6.08 Å². The van der Waals surface area contributed by atoms with Crippen molar-refractivity contribution in [3.05, 3.63) is 102 Å². The molecule has 0 heterocycles. The van der Waals surface area contributed by atoms with Gasteiger partial charge in [-0.2, -0.15) is 8.42 Å². The van der Waals surface area contributed by atoms with Gasteiger partial charge in [0, 0.05) is 5.41 Å². The van der Waals surface area contributed by atoms with Gasteiger partial charge in [-0.15, -0.1) is 0 Å². The summed E-state index contributed by atoms with van der Waals surface area (Å²) in [6, 6.07) is 25.4. The zero-order valence-electron chi connectivity index (χ0n) is 13.8. The summed E-state index contributed by atoms with van der Waals surface area (Å²) in [5.41, 5.74) is 0.809. The van der Waals surface area contributed by atoms with Gasteiger partial charge in [-0.25, -0.2) is 4.21 Å². The van der Waals surface area contributed by atoms with Gasteiger partial charge in [-0.1, -0.05) is 70.5 Å². The van der Waals surface area contributed by atoms with Gasteiger partial charge in [0.25, 0.3) is 10.0 Å². The van der Waals surface area contributed by atoms with Crippen LogP contribution in [0.15, 0.2) is 110 Å². The fraction of sp³-hybridized carbons (Fsp3) is 0. The first-order chi connectivity index (χ1) is 12.5. The van der Waals surface area contributed by atoms with Gasteiger partial charge in [0.05, 0.1) is 9.79 Å². The Kier molecular flexibility index (Phi) is 5.35. The van der Waals surface area contributed by atoms with Crippen LogP contribution in [0.4, 0.5) is 0 Å². The topological polar surface area (TPSA) is 63.6 Å². The molecule has 0 N–H and O–H groups in total. The quantitative estimate of drug-likeness (QED) is 0.648. The predicted octanol–water partition coefficient (Wildman–Crippen LogP) is 4.57. The minimum absolute atomic E-state index is 0.0109. The summed E-state index contributed by atoms with van der Waals surface area (Å²) in [5.74, 6) is 0. The molecule has 0 radical (unpaired) electrons. The third kappa shape index (κ3) is 4.28. The average molecular weight is 383 g/mol. The largest absolute Gasteiger partial charge is 0.290 e. The van der Waals surface area contributed by atoms with Crippen LogP contribution in [0.5, 0.6) is 0 Å². The first-order valence-corrected chi connectivity index (χ1v) is 10.9. The Hall–Kier alpha value is -2.70. The van der Waals surface area contributed by atoms with Crippen LogP contribution in [-0.4, -0.2) is 12.6 Å². The Morgan fingerprint density at radius 3 is 1.62 bits per heavy atom. The highest BCUT2D eigenvalue weighted by Crippen LogP contribution is 2.22. The maximum absolute atomic E-state index is 13.5. The van der Waals surface area contributed by atoms with E-state index in [0.29, 0.717) is 4.90 Å². The van der Waals surface area contributed by atoms with Crippen molar-refractivity contribution in [3.63, 3.8) is 0 Å². The lowest BCUT2D eigenvalue weighted by atomic mass is 10.2. The molecule has 0 aromatic heterocycles. The molecule has 3 aromatic rings. The van der Waals surface area contributed by atoms with Gasteiger partial charge < -0.3 is 0 Å². The van der Waals surface area contributed by atoms with Gasteiger partial charge in [-0.3, -0.25) is 0 Å². The van der Waals surface area contributed by atoms with Crippen molar-refractivity contribution in [1.82, 2.24) is 0 Å². The Morgan fingerprint density at radius 2 is 1.08 bits per heavy atom. The van der Waals surface area contributed by atoms with Crippen LogP contribution in [0, 0.1) is 0 Å². The SMILES string of the molecule is O=S(=O)(N=S(=O)(/C=C/c1ccccc1)c1ccccc1)c1ccccc1. The van der Waals surface area contributed by atoms with E-state index in [0.717, 1.165) is 5.56 Å². The molecule has 3 aromatic carbocycles. The fourth-order valence-corrected chi connectivity index (χ4v) is 5.88. The summed E-state index contributed by atoms with van der Waals surface area (Å²) in [6.07, 6.45) is 1.62. The molecule has 3 rings (SSSR count). The van der Waals surface area contributed by atoms with Crippen LogP contribution in [0.1, 0.15) is 5.56 Å². The number of hydrogen-bond acceptors (Lipinski definition) is 3. The smallest absolute Gasteiger partial charge is 0.239 e. The minimum Gasteiger partial charge on any atom is -0.239 e. The van der Waals surface area contributed by atoms with E-state index in [1.165, 1.54) is 17.5 Å². The molecule has 0 spiro atoms. The number of nitrogens with zero attached hydrogens (tertiary/aromatic N) is 1. The highest BCUT2D eigenvalue weighted by atomic mass is 32.3. The van der Waals surface area contributed by atoms with Crippen LogP contribution < -0.4 is 0 Å². The molecular weight excluding hydrogens is 366 g/mol. The van der Waals surface area contributed by atoms with E-state index in [1.807, 2.05) is 30.3 Å². The summed E-state index contributed by atoms with van der Waals surface area (Å²) in [4.78, 5) is 0.350. The summed E-state index contributed by atoms with van der Waals surface area (Å²) < 4.78 is 42.6. The van der Waals surface area contributed by atoms with Crippen LogP contribution >= 0.6 is 0 Å². The van der Waals surface area contributed by atoms with E-state index >= 15 is 0 Å². The Labute approximate surface area is 154 Å². The van der Waals surface area contributed by atoms with Crippen molar-refractivity contribution in [2.75, 3.05) is 0 Å². The van der Waals surface area contributed by atoms with Gasteiger partial charge in [0.2, 0.25) is 0 Å². The molecule has 0 aliphatic heterocycles. The molecule has 1 unspecified atom stereocenters. The van der Waals surface area contributed by atoms with E-state index < -0.39 is 19.8 Å². The van der Waals surface area contributed by atoms with Gasteiger partial charge in [0.1, 0.15) is 9.73 Å². The molecule has 0 saturated heterocycles. The molecular formula is C20H17NO3S2. The molecule has 26 heavy (non-hydrogen) atoms. The van der Waals surface area contributed by atoms with Crippen molar-refractivity contribution in [2.45, 2.75) is 9.79 Å². The van der Waals surface area contributed by atoms with Crippen molar-refractivity contribution < 1.29 is 12.6 Å². The fourth-order valence-electron chi connectivity index (χ4n) is 2.28.